The van der Waals surface area contributed by atoms with Crippen molar-refractivity contribution in [1.29, 1.82) is 0 Å². The number of hydrogen-bond acceptors (Lipinski definition) is 3. The molecule has 52 valence electrons. The van der Waals surface area contributed by atoms with Gasteiger partial charge in [0.25, 0.3) is 0 Å². The van der Waals surface area contributed by atoms with Crippen molar-refractivity contribution in [2.45, 2.75) is 0 Å². The minimum absolute atomic E-state index is 0. The van der Waals surface area contributed by atoms with Crippen LogP contribution in [0.3, 0.4) is 0 Å². The third-order valence-corrected chi connectivity index (χ3v) is 1.45. The van der Waals surface area contributed by atoms with Crippen molar-refractivity contribution in [3.05, 3.63) is 24.3 Å². The van der Waals surface area contributed by atoms with Gasteiger partial charge in [0, 0.05) is 19.5 Å². The molecular weight excluding hydrogens is 212 g/mol. The van der Waals surface area contributed by atoms with E-state index in [0.29, 0.717) is 0 Å². The third-order valence-electron chi connectivity index (χ3n) is 1.28. The van der Waals surface area contributed by atoms with Gasteiger partial charge in [-0.25, -0.2) is 0 Å². The fourth-order valence-electron chi connectivity index (χ4n) is 0.848. The van der Waals surface area contributed by atoms with Gasteiger partial charge in [-0.05, 0) is 24.9 Å². The normalized spacial score (nSPS) is 9.55. The van der Waals surface area contributed by atoms with E-state index in [1.807, 2.05) is 24.3 Å². The minimum atomic E-state index is 0. The van der Waals surface area contributed by atoms with Crippen molar-refractivity contribution >= 4 is 23.8 Å². The first-order valence-corrected chi connectivity index (χ1v) is 3.27. The van der Waals surface area contributed by atoms with Gasteiger partial charge < -0.3 is 0 Å². The first kappa shape index (κ1) is 8.69. The van der Waals surface area contributed by atoms with Gasteiger partial charge in [0.2, 0.25) is 0 Å². The minimum Gasteiger partial charge on any atom is -0.142 e. The molecule has 2 rings (SSSR count). The van der Waals surface area contributed by atoms with Crippen molar-refractivity contribution in [2.75, 3.05) is 0 Å². The van der Waals surface area contributed by atoms with Gasteiger partial charge in [-0.3, -0.25) is 0 Å². The van der Waals surface area contributed by atoms with Crippen LogP contribution in [0.25, 0.3) is 11.0 Å². The zero-order valence-electron chi connectivity index (χ0n) is 5.81. The summed E-state index contributed by atoms with van der Waals surface area (Å²) in [7, 11) is 0. The van der Waals surface area contributed by atoms with Crippen LogP contribution in [-0.2, 0) is 19.5 Å². The second kappa shape index (κ2) is 3.33. The van der Waals surface area contributed by atoms with Crippen LogP contribution in [0, 0.1) is 0 Å². The van der Waals surface area contributed by atoms with Crippen LogP contribution in [-0.4, -0.2) is 14.4 Å². The van der Waals surface area contributed by atoms with Crippen LogP contribution in [0.15, 0.2) is 24.3 Å². The zero-order valence-corrected chi connectivity index (χ0v) is 9.67. The van der Waals surface area contributed by atoms with Gasteiger partial charge in [0.05, 0.1) is 0 Å². The Morgan fingerprint density at radius 3 is 2.00 bits per heavy atom. The second-order valence-corrected chi connectivity index (χ2v) is 2.31. The van der Waals surface area contributed by atoms with E-state index in [4.69, 9.17) is 0 Å². The molecule has 0 aliphatic carbocycles. The Morgan fingerprint density at radius 2 is 1.55 bits per heavy atom. The van der Waals surface area contributed by atoms with Gasteiger partial charge in [-0.1, -0.05) is 12.1 Å². The van der Waals surface area contributed by atoms with Crippen LogP contribution < -0.4 is 0 Å². The Hall–Kier alpha value is -0.407. The largest absolute Gasteiger partial charge is 0.142 e. The molecule has 0 spiro atoms. The molecule has 1 heterocycles. The fraction of sp³-hybridized carbons (Fsp3) is 0. The molecular formula is C6H5N3SZn. The van der Waals surface area contributed by atoms with Crippen LogP contribution in [0.2, 0.25) is 0 Å². The molecule has 0 bridgehead atoms. The Morgan fingerprint density at radius 1 is 1.09 bits per heavy atom. The molecule has 5 heteroatoms. The number of rotatable bonds is 0. The van der Waals surface area contributed by atoms with Crippen LogP contribution >= 0.6 is 12.8 Å². The summed E-state index contributed by atoms with van der Waals surface area (Å²) >= 11 is 3.94. The molecule has 2 aromatic rings. The Kier molecular flexibility index (Phi) is 2.63. The quantitative estimate of drug-likeness (QED) is 0.529. The van der Waals surface area contributed by atoms with Crippen molar-refractivity contribution in [3.63, 3.8) is 0 Å². The monoisotopic (exact) mass is 215 g/mol. The van der Waals surface area contributed by atoms with Crippen molar-refractivity contribution in [2.24, 2.45) is 0 Å². The molecule has 0 saturated carbocycles. The molecule has 11 heavy (non-hydrogen) atoms. The topological polar surface area (TPSA) is 30.7 Å². The molecule has 1 aromatic carbocycles. The molecule has 0 unspecified atom stereocenters. The first-order valence-electron chi connectivity index (χ1n) is 2.87. The van der Waals surface area contributed by atoms with Crippen LogP contribution in [0.1, 0.15) is 0 Å². The Balaban J connectivity index is 0.000000605. The molecule has 0 aliphatic rings. The molecule has 0 atom stereocenters. The molecule has 0 aliphatic heterocycles. The van der Waals surface area contributed by atoms with E-state index in [1.54, 1.807) is 0 Å². The van der Waals surface area contributed by atoms with E-state index in [2.05, 4.69) is 23.0 Å². The van der Waals surface area contributed by atoms with E-state index in [1.165, 1.54) is 4.20 Å². The number of aromatic nitrogens is 3. The van der Waals surface area contributed by atoms with Gasteiger partial charge in [0.1, 0.15) is 11.0 Å². The van der Waals surface area contributed by atoms with E-state index in [9.17, 15) is 0 Å². The Bertz CT molecular complexity index is 326. The average Bonchev–Trinajstić information content (AvgIpc) is 2.27. The second-order valence-electron chi connectivity index (χ2n) is 1.96. The maximum atomic E-state index is 3.98. The summed E-state index contributed by atoms with van der Waals surface area (Å²) < 4.78 is 1.27. The van der Waals surface area contributed by atoms with Crippen LogP contribution in [0.5, 0.6) is 0 Å². The summed E-state index contributed by atoms with van der Waals surface area (Å²) in [6.07, 6.45) is 0. The summed E-state index contributed by atoms with van der Waals surface area (Å²) in [5.74, 6) is 0. The molecule has 0 saturated heterocycles. The van der Waals surface area contributed by atoms with Gasteiger partial charge in [-0.15, -0.1) is 14.4 Å². The third kappa shape index (κ3) is 1.60. The SMILES string of the molecule is Sn1nc2ccccc2n1.[Zn]. The van der Waals surface area contributed by atoms with E-state index in [0.717, 1.165) is 11.0 Å². The molecule has 1 aromatic heterocycles. The molecule has 0 radical (unpaired) electrons. The van der Waals surface area contributed by atoms with Crippen molar-refractivity contribution < 1.29 is 19.5 Å². The summed E-state index contributed by atoms with van der Waals surface area (Å²) in [6, 6.07) is 7.64. The maximum absolute atomic E-state index is 3.98. The van der Waals surface area contributed by atoms with E-state index < -0.39 is 0 Å². The van der Waals surface area contributed by atoms with Gasteiger partial charge in [0.15, 0.2) is 0 Å². The van der Waals surface area contributed by atoms with E-state index in [-0.39, 0.29) is 19.5 Å². The summed E-state index contributed by atoms with van der Waals surface area (Å²) in [4.78, 5) is 0. The molecule has 0 N–H and O–H groups in total. The van der Waals surface area contributed by atoms with Gasteiger partial charge in [-0.2, -0.15) is 0 Å². The predicted molar refractivity (Wildman–Crippen MR) is 41.9 cm³/mol. The summed E-state index contributed by atoms with van der Waals surface area (Å²) in [6.45, 7) is 0. The molecule has 3 nitrogen and oxygen atoms in total. The van der Waals surface area contributed by atoms with E-state index >= 15 is 0 Å². The standard InChI is InChI=1S/C6H5N3S.Zn/c10-9-7-5-3-1-2-4-6(5)8-9;/h1-4,10H;. The van der Waals surface area contributed by atoms with Gasteiger partial charge >= 0.3 is 0 Å². The number of benzene rings is 1. The summed E-state index contributed by atoms with van der Waals surface area (Å²) in [5, 5.41) is 7.97. The first-order chi connectivity index (χ1) is 4.86. The smallest absolute Gasteiger partial charge is 0.114 e. The average molecular weight is 217 g/mol. The number of thiol groups is 1. The fourth-order valence-corrected chi connectivity index (χ4v) is 1.04. The number of fused-ring (bicyclic) bond motifs is 1. The summed E-state index contributed by atoms with van der Waals surface area (Å²) in [5.41, 5.74) is 1.75. The van der Waals surface area contributed by atoms with Crippen LogP contribution in [0.4, 0.5) is 0 Å². The molecule has 0 fully saturated rings. The van der Waals surface area contributed by atoms with Crippen molar-refractivity contribution in [3.8, 4) is 0 Å². The zero-order chi connectivity index (χ0) is 6.97. The maximum Gasteiger partial charge on any atom is 0.114 e. The van der Waals surface area contributed by atoms with Crippen molar-refractivity contribution in [1.82, 2.24) is 14.4 Å². The Labute approximate surface area is 82.1 Å². The number of nitrogens with zero attached hydrogens (tertiary/aromatic N) is 3. The predicted octanol–water partition coefficient (Wildman–Crippen LogP) is 1.12. The molecule has 0 amide bonds. The number of hydrogen-bond donors (Lipinski definition) is 1.